The molecule has 0 fully saturated rings. The Labute approximate surface area is 128 Å². The van der Waals surface area contributed by atoms with Crippen molar-refractivity contribution in [2.24, 2.45) is 0 Å². The molecule has 0 saturated carbocycles. The van der Waals surface area contributed by atoms with Crippen LogP contribution in [0.2, 0.25) is 0 Å². The number of nitrogens with one attached hydrogen (secondary N) is 2. The van der Waals surface area contributed by atoms with E-state index in [4.69, 9.17) is 5.73 Å². The van der Waals surface area contributed by atoms with Gasteiger partial charge in [0.05, 0.1) is 6.54 Å². The number of benzene rings is 1. The van der Waals surface area contributed by atoms with Gasteiger partial charge in [0.2, 0.25) is 5.91 Å². The molecule has 0 aliphatic heterocycles. The number of hydrogen-bond acceptors (Lipinski definition) is 4. The number of amides is 1. The molecule has 1 amide bonds. The van der Waals surface area contributed by atoms with Crippen molar-refractivity contribution in [2.75, 3.05) is 22.9 Å². The lowest BCUT2D eigenvalue weighted by atomic mass is 10.3. The van der Waals surface area contributed by atoms with Gasteiger partial charge >= 0.3 is 6.18 Å². The summed E-state index contributed by atoms with van der Waals surface area (Å²) >= 11 is 0. The number of nitrogens with two attached hydrogens (primary N) is 1. The van der Waals surface area contributed by atoms with Crippen molar-refractivity contribution in [3.05, 3.63) is 47.9 Å². The molecule has 0 radical (unpaired) electrons. The van der Waals surface area contributed by atoms with Gasteiger partial charge in [-0.1, -0.05) is 0 Å². The van der Waals surface area contributed by atoms with Crippen LogP contribution in [0.5, 0.6) is 0 Å². The molecule has 1 aromatic heterocycles. The SMILES string of the molecule is Nc1cc(NCC(=O)Nc2ccc(F)cc2)cc(C(F)(F)F)n1. The number of rotatable bonds is 4. The van der Waals surface area contributed by atoms with E-state index in [9.17, 15) is 22.4 Å². The molecule has 0 spiro atoms. The van der Waals surface area contributed by atoms with Crippen molar-refractivity contribution < 1.29 is 22.4 Å². The highest BCUT2D eigenvalue weighted by atomic mass is 19.4. The molecule has 4 N–H and O–H groups in total. The van der Waals surface area contributed by atoms with Crippen molar-refractivity contribution >= 4 is 23.1 Å². The molecule has 122 valence electrons. The lowest BCUT2D eigenvalue weighted by molar-refractivity contribution is -0.141. The number of anilines is 3. The third-order valence-electron chi connectivity index (χ3n) is 2.72. The van der Waals surface area contributed by atoms with E-state index in [1.165, 1.54) is 30.3 Å². The lowest BCUT2D eigenvalue weighted by Crippen LogP contribution is -2.22. The summed E-state index contributed by atoms with van der Waals surface area (Å²) in [5.74, 6) is -1.28. The Kier molecular flexibility index (Phi) is 4.68. The van der Waals surface area contributed by atoms with Crippen molar-refractivity contribution in [3.8, 4) is 0 Å². The van der Waals surface area contributed by atoms with Crippen molar-refractivity contribution in [1.82, 2.24) is 4.98 Å². The van der Waals surface area contributed by atoms with E-state index in [-0.39, 0.29) is 18.1 Å². The summed E-state index contributed by atoms with van der Waals surface area (Å²) in [4.78, 5) is 14.9. The minimum atomic E-state index is -4.64. The van der Waals surface area contributed by atoms with Crippen molar-refractivity contribution in [1.29, 1.82) is 0 Å². The Morgan fingerprint density at radius 2 is 1.78 bits per heavy atom. The van der Waals surface area contributed by atoms with Gasteiger partial charge in [0.25, 0.3) is 0 Å². The third kappa shape index (κ3) is 4.83. The molecule has 1 aromatic carbocycles. The number of carbonyl (C=O) groups excluding carboxylic acids is 1. The van der Waals surface area contributed by atoms with Gasteiger partial charge in [0.1, 0.15) is 17.3 Å². The molecule has 2 aromatic rings. The summed E-state index contributed by atoms with van der Waals surface area (Å²) < 4.78 is 50.6. The molecule has 0 bridgehead atoms. The maximum Gasteiger partial charge on any atom is 0.433 e. The van der Waals surface area contributed by atoms with Crippen LogP contribution in [0, 0.1) is 5.82 Å². The molecular formula is C14H12F4N4O. The molecule has 9 heteroatoms. The fourth-order valence-corrected chi connectivity index (χ4v) is 1.72. The maximum atomic E-state index is 12.7. The van der Waals surface area contributed by atoms with Crippen LogP contribution in [0.15, 0.2) is 36.4 Å². The Balaban J connectivity index is 1.99. The Hall–Kier alpha value is -2.84. The zero-order chi connectivity index (χ0) is 17.0. The highest BCUT2D eigenvalue weighted by Crippen LogP contribution is 2.30. The quantitative estimate of drug-likeness (QED) is 0.754. The van der Waals surface area contributed by atoms with E-state index < -0.39 is 23.6 Å². The van der Waals surface area contributed by atoms with Gasteiger partial charge in [-0.05, 0) is 30.3 Å². The van der Waals surface area contributed by atoms with Crippen LogP contribution in [0.1, 0.15) is 5.69 Å². The molecule has 2 rings (SSSR count). The van der Waals surface area contributed by atoms with Gasteiger partial charge in [0.15, 0.2) is 0 Å². The number of pyridine rings is 1. The molecule has 0 aliphatic carbocycles. The fraction of sp³-hybridized carbons (Fsp3) is 0.143. The van der Waals surface area contributed by atoms with Crippen LogP contribution in [-0.4, -0.2) is 17.4 Å². The molecule has 0 unspecified atom stereocenters. The highest BCUT2D eigenvalue weighted by Gasteiger charge is 2.33. The molecule has 0 aliphatic rings. The predicted octanol–water partition coefficient (Wildman–Crippen LogP) is 2.87. The van der Waals surface area contributed by atoms with Crippen LogP contribution >= 0.6 is 0 Å². The minimum Gasteiger partial charge on any atom is -0.384 e. The predicted molar refractivity (Wildman–Crippen MR) is 77.2 cm³/mol. The van der Waals surface area contributed by atoms with Gasteiger partial charge < -0.3 is 16.4 Å². The first kappa shape index (κ1) is 16.5. The van der Waals surface area contributed by atoms with Crippen molar-refractivity contribution in [2.45, 2.75) is 6.18 Å². The fourth-order valence-electron chi connectivity index (χ4n) is 1.72. The van der Waals surface area contributed by atoms with Crippen LogP contribution in [0.4, 0.5) is 34.8 Å². The van der Waals surface area contributed by atoms with E-state index in [1.54, 1.807) is 0 Å². The molecular weight excluding hydrogens is 316 g/mol. The number of nitrogen functional groups attached to an aromatic ring is 1. The van der Waals surface area contributed by atoms with Crippen LogP contribution < -0.4 is 16.4 Å². The normalized spacial score (nSPS) is 11.1. The summed E-state index contributed by atoms with van der Waals surface area (Å²) in [6.45, 7) is -0.294. The monoisotopic (exact) mass is 328 g/mol. The summed E-state index contributed by atoms with van der Waals surface area (Å²) in [5, 5.41) is 4.98. The Morgan fingerprint density at radius 3 is 2.39 bits per heavy atom. The maximum absolute atomic E-state index is 12.7. The molecule has 1 heterocycles. The van der Waals surface area contributed by atoms with E-state index >= 15 is 0 Å². The summed E-state index contributed by atoms with van der Waals surface area (Å²) in [7, 11) is 0. The summed E-state index contributed by atoms with van der Waals surface area (Å²) in [6, 6.07) is 6.99. The first-order valence-electron chi connectivity index (χ1n) is 6.38. The second-order valence-corrected chi connectivity index (χ2v) is 4.57. The molecule has 0 atom stereocenters. The topological polar surface area (TPSA) is 80.0 Å². The number of halogens is 4. The third-order valence-corrected chi connectivity index (χ3v) is 2.72. The number of alkyl halides is 3. The number of hydrogen-bond donors (Lipinski definition) is 3. The second kappa shape index (κ2) is 6.51. The van der Waals surface area contributed by atoms with Crippen LogP contribution in [-0.2, 0) is 11.0 Å². The second-order valence-electron chi connectivity index (χ2n) is 4.57. The average molecular weight is 328 g/mol. The largest absolute Gasteiger partial charge is 0.433 e. The smallest absolute Gasteiger partial charge is 0.384 e. The van der Waals surface area contributed by atoms with E-state index in [0.29, 0.717) is 5.69 Å². The van der Waals surface area contributed by atoms with Crippen LogP contribution in [0.3, 0.4) is 0 Å². The number of aromatic nitrogens is 1. The van der Waals surface area contributed by atoms with E-state index in [1.807, 2.05) is 0 Å². The van der Waals surface area contributed by atoms with Crippen molar-refractivity contribution in [3.63, 3.8) is 0 Å². The van der Waals surface area contributed by atoms with Gasteiger partial charge in [-0.15, -0.1) is 0 Å². The number of nitrogens with zero attached hydrogens (tertiary/aromatic N) is 1. The first-order valence-corrected chi connectivity index (χ1v) is 6.38. The van der Waals surface area contributed by atoms with E-state index in [0.717, 1.165) is 6.07 Å². The summed E-state index contributed by atoms with van der Waals surface area (Å²) in [6.07, 6.45) is -4.64. The van der Waals surface area contributed by atoms with E-state index in [2.05, 4.69) is 15.6 Å². The van der Waals surface area contributed by atoms with Gasteiger partial charge in [-0.25, -0.2) is 9.37 Å². The zero-order valence-corrected chi connectivity index (χ0v) is 11.6. The molecule has 5 nitrogen and oxygen atoms in total. The lowest BCUT2D eigenvalue weighted by Gasteiger charge is -2.11. The van der Waals surface area contributed by atoms with Crippen LogP contribution in [0.25, 0.3) is 0 Å². The Morgan fingerprint density at radius 1 is 1.13 bits per heavy atom. The van der Waals surface area contributed by atoms with Gasteiger partial charge in [0, 0.05) is 17.4 Å². The Bertz CT molecular complexity index is 701. The standard InChI is InChI=1S/C14H12F4N4O/c15-8-1-3-9(4-2-8)21-13(23)7-20-10-5-11(14(16,17)18)22-12(19)6-10/h1-6H,7H2,(H,21,23)(H3,19,20,22). The first-order chi connectivity index (χ1) is 10.7. The highest BCUT2D eigenvalue weighted by molar-refractivity contribution is 5.93. The zero-order valence-electron chi connectivity index (χ0n) is 11.6. The number of carbonyl (C=O) groups is 1. The average Bonchev–Trinajstić information content (AvgIpc) is 2.46. The van der Waals surface area contributed by atoms with Gasteiger partial charge in [-0.2, -0.15) is 13.2 Å². The molecule has 23 heavy (non-hydrogen) atoms. The summed E-state index contributed by atoms with van der Waals surface area (Å²) in [5.41, 5.74) is 4.54. The molecule has 0 saturated heterocycles. The minimum absolute atomic E-state index is 0.0130. The van der Waals surface area contributed by atoms with Gasteiger partial charge in [-0.3, -0.25) is 4.79 Å².